The first-order chi connectivity index (χ1) is 7.56. The van der Waals surface area contributed by atoms with Crippen LogP contribution in [0.4, 0.5) is 0 Å². The van der Waals surface area contributed by atoms with E-state index < -0.39 is 0 Å². The van der Waals surface area contributed by atoms with Crippen molar-refractivity contribution in [3.8, 4) is 0 Å². The van der Waals surface area contributed by atoms with Gasteiger partial charge in [0.25, 0.3) is 0 Å². The van der Waals surface area contributed by atoms with Gasteiger partial charge in [-0.1, -0.05) is 24.3 Å². The standard InChI is InChI=1S/C13H20N2O/c1-9-7-5-6-8-12(9)10(2)15-13(16)11(3)14-4/h5-8,10-11,14H,1-4H3,(H,15,16). The third-order valence-corrected chi connectivity index (χ3v) is 2.84. The number of rotatable bonds is 4. The average molecular weight is 220 g/mol. The fourth-order valence-electron chi connectivity index (χ4n) is 1.62. The number of hydrogen-bond donors (Lipinski definition) is 2. The van der Waals surface area contributed by atoms with Crippen LogP contribution in [0.5, 0.6) is 0 Å². The summed E-state index contributed by atoms with van der Waals surface area (Å²) >= 11 is 0. The van der Waals surface area contributed by atoms with Crippen molar-refractivity contribution < 1.29 is 4.79 Å². The molecule has 0 aliphatic carbocycles. The molecule has 0 saturated carbocycles. The summed E-state index contributed by atoms with van der Waals surface area (Å²) in [5.74, 6) is 0.0262. The highest BCUT2D eigenvalue weighted by molar-refractivity contribution is 5.81. The van der Waals surface area contributed by atoms with Crippen molar-refractivity contribution in [2.24, 2.45) is 0 Å². The number of carbonyl (C=O) groups is 1. The molecule has 0 spiro atoms. The van der Waals surface area contributed by atoms with Gasteiger partial charge in [0.2, 0.25) is 5.91 Å². The van der Waals surface area contributed by atoms with Crippen molar-refractivity contribution in [1.82, 2.24) is 10.6 Å². The van der Waals surface area contributed by atoms with E-state index >= 15 is 0 Å². The molecule has 2 atom stereocenters. The van der Waals surface area contributed by atoms with E-state index in [1.54, 1.807) is 7.05 Å². The van der Waals surface area contributed by atoms with E-state index in [0.717, 1.165) is 0 Å². The molecule has 0 aromatic heterocycles. The minimum Gasteiger partial charge on any atom is -0.348 e. The fraction of sp³-hybridized carbons (Fsp3) is 0.462. The molecule has 1 aromatic carbocycles. The van der Waals surface area contributed by atoms with Crippen LogP contribution in [0, 0.1) is 6.92 Å². The van der Waals surface area contributed by atoms with Crippen molar-refractivity contribution in [1.29, 1.82) is 0 Å². The van der Waals surface area contributed by atoms with Gasteiger partial charge < -0.3 is 10.6 Å². The zero-order chi connectivity index (χ0) is 12.1. The smallest absolute Gasteiger partial charge is 0.237 e. The number of nitrogens with one attached hydrogen (secondary N) is 2. The maximum absolute atomic E-state index is 11.7. The lowest BCUT2D eigenvalue weighted by Gasteiger charge is -2.19. The van der Waals surface area contributed by atoms with Crippen molar-refractivity contribution in [2.45, 2.75) is 32.9 Å². The molecule has 1 rings (SSSR count). The molecule has 2 unspecified atom stereocenters. The first-order valence-electron chi connectivity index (χ1n) is 5.59. The second kappa shape index (κ2) is 5.66. The van der Waals surface area contributed by atoms with Crippen LogP contribution in [0.15, 0.2) is 24.3 Å². The lowest BCUT2D eigenvalue weighted by atomic mass is 10.0. The van der Waals surface area contributed by atoms with Crippen LogP contribution in [0.2, 0.25) is 0 Å². The topological polar surface area (TPSA) is 41.1 Å². The van der Waals surface area contributed by atoms with E-state index in [4.69, 9.17) is 0 Å². The third kappa shape index (κ3) is 3.07. The maximum atomic E-state index is 11.7. The number of hydrogen-bond acceptors (Lipinski definition) is 2. The van der Waals surface area contributed by atoms with Gasteiger partial charge in [0, 0.05) is 0 Å². The minimum absolute atomic E-state index is 0.0262. The molecule has 0 saturated heterocycles. The maximum Gasteiger partial charge on any atom is 0.237 e. The van der Waals surface area contributed by atoms with Gasteiger partial charge >= 0.3 is 0 Å². The van der Waals surface area contributed by atoms with E-state index in [0.29, 0.717) is 0 Å². The fourth-order valence-corrected chi connectivity index (χ4v) is 1.62. The summed E-state index contributed by atoms with van der Waals surface area (Å²) in [6.45, 7) is 5.90. The van der Waals surface area contributed by atoms with E-state index in [-0.39, 0.29) is 18.0 Å². The van der Waals surface area contributed by atoms with Crippen LogP contribution in [-0.2, 0) is 4.79 Å². The Balaban J connectivity index is 2.69. The number of benzene rings is 1. The normalized spacial score (nSPS) is 14.2. The van der Waals surface area contributed by atoms with Crippen LogP contribution in [0.1, 0.15) is 31.0 Å². The molecule has 3 heteroatoms. The SMILES string of the molecule is CNC(C)C(=O)NC(C)c1ccccc1C. The summed E-state index contributed by atoms with van der Waals surface area (Å²) < 4.78 is 0. The predicted molar refractivity (Wildman–Crippen MR) is 66.3 cm³/mol. The van der Waals surface area contributed by atoms with Gasteiger partial charge in [-0.2, -0.15) is 0 Å². The minimum atomic E-state index is -0.161. The van der Waals surface area contributed by atoms with Gasteiger partial charge in [-0.25, -0.2) is 0 Å². The van der Waals surface area contributed by atoms with Crippen LogP contribution in [0.3, 0.4) is 0 Å². The molecule has 0 aliphatic rings. The van der Waals surface area contributed by atoms with Gasteiger partial charge in [-0.05, 0) is 38.9 Å². The Labute approximate surface area is 97.2 Å². The zero-order valence-electron chi connectivity index (χ0n) is 10.4. The van der Waals surface area contributed by atoms with Crippen LogP contribution < -0.4 is 10.6 Å². The number of likely N-dealkylation sites (N-methyl/N-ethyl adjacent to an activating group) is 1. The highest BCUT2D eigenvalue weighted by Gasteiger charge is 2.14. The molecular formula is C13H20N2O. The molecule has 88 valence electrons. The Morgan fingerprint density at radius 1 is 1.25 bits per heavy atom. The largest absolute Gasteiger partial charge is 0.348 e. The highest BCUT2D eigenvalue weighted by Crippen LogP contribution is 2.16. The molecule has 3 nitrogen and oxygen atoms in total. The molecule has 2 N–H and O–H groups in total. The molecule has 0 bridgehead atoms. The average Bonchev–Trinajstić information content (AvgIpc) is 2.28. The lowest BCUT2D eigenvalue weighted by molar-refractivity contribution is -0.123. The Bertz CT molecular complexity index is 363. The number of carbonyl (C=O) groups excluding carboxylic acids is 1. The Morgan fingerprint density at radius 2 is 1.88 bits per heavy atom. The van der Waals surface area contributed by atoms with Crippen molar-refractivity contribution in [3.05, 3.63) is 35.4 Å². The number of amides is 1. The van der Waals surface area contributed by atoms with Crippen molar-refractivity contribution in [2.75, 3.05) is 7.05 Å². The van der Waals surface area contributed by atoms with Gasteiger partial charge in [0.1, 0.15) is 0 Å². The number of aryl methyl sites for hydroxylation is 1. The van der Waals surface area contributed by atoms with Gasteiger partial charge in [-0.15, -0.1) is 0 Å². The second-order valence-corrected chi connectivity index (χ2v) is 4.10. The highest BCUT2D eigenvalue weighted by atomic mass is 16.2. The molecule has 0 heterocycles. The molecule has 16 heavy (non-hydrogen) atoms. The van der Waals surface area contributed by atoms with Crippen LogP contribution in [0.25, 0.3) is 0 Å². The van der Waals surface area contributed by atoms with E-state index in [1.165, 1.54) is 11.1 Å². The molecule has 1 amide bonds. The Morgan fingerprint density at radius 3 is 2.44 bits per heavy atom. The first kappa shape index (κ1) is 12.7. The monoisotopic (exact) mass is 220 g/mol. The van der Waals surface area contributed by atoms with Crippen molar-refractivity contribution in [3.63, 3.8) is 0 Å². The van der Waals surface area contributed by atoms with Gasteiger partial charge in [-0.3, -0.25) is 4.79 Å². The summed E-state index contributed by atoms with van der Waals surface area (Å²) in [5, 5.41) is 5.91. The molecule has 1 aromatic rings. The van der Waals surface area contributed by atoms with Gasteiger partial charge in [0.05, 0.1) is 12.1 Å². The zero-order valence-corrected chi connectivity index (χ0v) is 10.4. The molecule has 0 radical (unpaired) electrons. The lowest BCUT2D eigenvalue weighted by Crippen LogP contribution is -2.41. The Kier molecular flexibility index (Phi) is 4.50. The van der Waals surface area contributed by atoms with Crippen LogP contribution >= 0.6 is 0 Å². The first-order valence-corrected chi connectivity index (χ1v) is 5.59. The van der Waals surface area contributed by atoms with E-state index in [1.807, 2.05) is 32.0 Å². The Hall–Kier alpha value is -1.35. The summed E-state index contributed by atoms with van der Waals surface area (Å²) in [6, 6.07) is 7.98. The quantitative estimate of drug-likeness (QED) is 0.812. The molecule has 0 aliphatic heterocycles. The van der Waals surface area contributed by atoms with Crippen LogP contribution in [-0.4, -0.2) is 19.0 Å². The van der Waals surface area contributed by atoms with Gasteiger partial charge in [0.15, 0.2) is 0 Å². The van der Waals surface area contributed by atoms with E-state index in [2.05, 4.69) is 23.6 Å². The molecule has 0 fully saturated rings. The second-order valence-electron chi connectivity index (χ2n) is 4.10. The molecular weight excluding hydrogens is 200 g/mol. The third-order valence-electron chi connectivity index (χ3n) is 2.84. The summed E-state index contributed by atoms with van der Waals surface area (Å²) in [5.41, 5.74) is 2.37. The summed E-state index contributed by atoms with van der Waals surface area (Å²) in [4.78, 5) is 11.7. The van der Waals surface area contributed by atoms with Crippen molar-refractivity contribution >= 4 is 5.91 Å². The van der Waals surface area contributed by atoms with E-state index in [9.17, 15) is 4.79 Å². The summed E-state index contributed by atoms with van der Waals surface area (Å²) in [7, 11) is 1.78. The predicted octanol–water partition coefficient (Wildman–Crippen LogP) is 1.78. The summed E-state index contributed by atoms with van der Waals surface area (Å²) in [6.07, 6.45) is 0.